The van der Waals surface area contributed by atoms with E-state index < -0.39 is 12.1 Å². The highest BCUT2D eigenvalue weighted by atomic mass is 35.5. The first-order chi connectivity index (χ1) is 17.6. The summed E-state index contributed by atoms with van der Waals surface area (Å²) in [5.41, 5.74) is 2.06. The third kappa shape index (κ3) is 7.37. The summed E-state index contributed by atoms with van der Waals surface area (Å²) in [6.07, 6.45) is 0.720. The van der Waals surface area contributed by atoms with Gasteiger partial charge in [-0.2, -0.15) is 0 Å². The van der Waals surface area contributed by atoms with Crippen LogP contribution in [0.25, 0.3) is 0 Å². The monoisotopic (exact) mass is 513 g/mol. The van der Waals surface area contributed by atoms with E-state index in [1.807, 2.05) is 60.7 Å². The Morgan fingerprint density at radius 2 is 1.36 bits per heavy atom. The maximum atomic E-state index is 13.1. The number of esters is 1. The summed E-state index contributed by atoms with van der Waals surface area (Å²) >= 11 is 6.62. The quantitative estimate of drug-likeness (QED) is 0.214. The Bertz CT molecular complexity index is 1050. The van der Waals surface area contributed by atoms with Crippen LogP contribution in [-0.4, -0.2) is 53.7 Å². The summed E-state index contributed by atoms with van der Waals surface area (Å²) in [6, 6.07) is 20.7. The molecule has 0 amide bonds. The van der Waals surface area contributed by atoms with Gasteiger partial charge in [-0.05, 0) is 22.8 Å². The van der Waals surface area contributed by atoms with Gasteiger partial charge < -0.3 is 28.4 Å². The van der Waals surface area contributed by atoms with Crippen LogP contribution in [0.5, 0.6) is 17.2 Å². The topological polar surface area (TPSA) is 72.5 Å². The smallest absolute Gasteiger partial charge is 0.315 e. The molecule has 3 aromatic carbocycles. The molecule has 36 heavy (non-hydrogen) atoms. The van der Waals surface area contributed by atoms with E-state index in [1.165, 1.54) is 13.5 Å². The van der Waals surface area contributed by atoms with Gasteiger partial charge in [-0.15, -0.1) is 0 Å². The first-order valence-electron chi connectivity index (χ1n) is 11.4. The van der Waals surface area contributed by atoms with Crippen molar-refractivity contribution in [2.24, 2.45) is 0 Å². The van der Waals surface area contributed by atoms with Gasteiger partial charge in [-0.25, -0.2) is 0 Å². The molecule has 0 unspecified atom stereocenters. The van der Waals surface area contributed by atoms with E-state index in [0.29, 0.717) is 30.3 Å². The molecule has 0 aliphatic rings. The first kappa shape index (κ1) is 27.3. The SMILES string of the molecule is COCCOc1cc([CH]C(=O)OC(c2ccccc2)c2ccccc2)c(Cl)c(OC)c1OCCOC. The number of methoxy groups -OCH3 is 3. The highest BCUT2D eigenvalue weighted by Gasteiger charge is 2.25. The Balaban J connectivity index is 1.88. The highest BCUT2D eigenvalue weighted by molar-refractivity contribution is 6.33. The molecule has 0 heterocycles. The summed E-state index contributed by atoms with van der Waals surface area (Å²) in [5, 5.41) is 0.192. The van der Waals surface area contributed by atoms with Crippen LogP contribution in [0.3, 0.4) is 0 Å². The van der Waals surface area contributed by atoms with Gasteiger partial charge in [-0.1, -0.05) is 72.3 Å². The normalized spacial score (nSPS) is 10.8. The number of ether oxygens (including phenoxy) is 6. The van der Waals surface area contributed by atoms with Gasteiger partial charge >= 0.3 is 5.97 Å². The molecule has 3 rings (SSSR count). The van der Waals surface area contributed by atoms with Crippen molar-refractivity contribution in [3.05, 3.63) is 94.9 Å². The van der Waals surface area contributed by atoms with E-state index in [1.54, 1.807) is 20.3 Å². The third-order valence-corrected chi connectivity index (χ3v) is 5.55. The van der Waals surface area contributed by atoms with Crippen molar-refractivity contribution in [2.45, 2.75) is 6.10 Å². The zero-order chi connectivity index (χ0) is 25.8. The lowest BCUT2D eigenvalue weighted by Crippen LogP contribution is -2.14. The fraction of sp³-hybridized carbons (Fsp3) is 0.286. The number of rotatable bonds is 14. The average molecular weight is 514 g/mol. The minimum atomic E-state index is -0.592. The molecule has 0 aliphatic heterocycles. The van der Waals surface area contributed by atoms with Crippen molar-refractivity contribution < 1.29 is 33.2 Å². The van der Waals surface area contributed by atoms with Crippen molar-refractivity contribution in [1.29, 1.82) is 0 Å². The van der Waals surface area contributed by atoms with E-state index in [4.69, 9.17) is 40.0 Å². The lowest BCUT2D eigenvalue weighted by molar-refractivity contribution is -0.142. The summed E-state index contributed by atoms with van der Waals surface area (Å²) < 4.78 is 33.2. The molecule has 1 radical (unpaired) electrons. The number of hydrogen-bond acceptors (Lipinski definition) is 7. The lowest BCUT2D eigenvalue weighted by Gasteiger charge is -2.21. The van der Waals surface area contributed by atoms with E-state index in [9.17, 15) is 4.79 Å². The van der Waals surface area contributed by atoms with Crippen molar-refractivity contribution in [3.8, 4) is 17.2 Å². The molecule has 0 saturated heterocycles. The zero-order valence-corrected chi connectivity index (χ0v) is 21.3. The Morgan fingerprint density at radius 1 is 0.806 bits per heavy atom. The summed E-state index contributed by atoms with van der Waals surface area (Å²) in [7, 11) is 4.62. The molecule has 0 spiro atoms. The Labute approximate surface area is 216 Å². The number of carbonyl (C=O) groups excluding carboxylic acids is 1. The van der Waals surface area contributed by atoms with E-state index in [0.717, 1.165) is 11.1 Å². The predicted molar refractivity (Wildman–Crippen MR) is 137 cm³/mol. The van der Waals surface area contributed by atoms with Gasteiger partial charge in [-0.3, -0.25) is 4.79 Å². The molecule has 0 N–H and O–H groups in total. The van der Waals surface area contributed by atoms with Gasteiger partial charge in [0.25, 0.3) is 0 Å². The molecule has 0 aromatic heterocycles. The van der Waals surface area contributed by atoms with Crippen LogP contribution >= 0.6 is 11.6 Å². The van der Waals surface area contributed by atoms with Crippen LogP contribution in [0.4, 0.5) is 0 Å². The second kappa shape index (κ2) is 14.3. The molecule has 191 valence electrons. The standard InChI is InChI=1S/C28H30ClO7/c1-31-14-16-34-23-18-22(25(29)28(33-3)27(23)35-17-15-32-2)19-24(30)36-26(20-10-6-4-7-11-20)21-12-8-5-9-13-21/h4-13,18-19,26H,14-17H2,1-3H3. The van der Waals surface area contributed by atoms with Crippen molar-refractivity contribution in [1.82, 2.24) is 0 Å². The van der Waals surface area contributed by atoms with Gasteiger partial charge in [0.1, 0.15) is 19.6 Å². The maximum absolute atomic E-state index is 13.1. The van der Waals surface area contributed by atoms with Crippen LogP contribution in [-0.2, 0) is 19.0 Å². The van der Waals surface area contributed by atoms with Crippen LogP contribution < -0.4 is 14.2 Å². The second-order valence-corrected chi connectivity index (χ2v) is 7.98. The van der Waals surface area contributed by atoms with Gasteiger partial charge in [0, 0.05) is 14.2 Å². The molecule has 0 saturated carbocycles. The molecule has 0 fully saturated rings. The van der Waals surface area contributed by atoms with Crippen LogP contribution in [0.2, 0.25) is 5.02 Å². The zero-order valence-electron chi connectivity index (χ0n) is 20.6. The van der Waals surface area contributed by atoms with E-state index in [2.05, 4.69) is 0 Å². The first-order valence-corrected chi connectivity index (χ1v) is 11.8. The van der Waals surface area contributed by atoms with Crippen molar-refractivity contribution in [2.75, 3.05) is 47.8 Å². The summed E-state index contributed by atoms with van der Waals surface area (Å²) in [6.45, 7) is 1.24. The average Bonchev–Trinajstić information content (AvgIpc) is 2.91. The largest absolute Gasteiger partial charge is 0.491 e. The van der Waals surface area contributed by atoms with Crippen molar-refractivity contribution >= 4 is 17.6 Å². The Morgan fingerprint density at radius 3 is 1.89 bits per heavy atom. The van der Waals surface area contributed by atoms with Crippen LogP contribution in [0, 0.1) is 6.42 Å². The number of carbonyl (C=O) groups is 1. The van der Waals surface area contributed by atoms with Gasteiger partial charge in [0.15, 0.2) is 17.6 Å². The Hall–Kier alpha value is -3.26. The fourth-order valence-electron chi connectivity index (χ4n) is 3.47. The molecule has 8 heteroatoms. The molecule has 0 atom stereocenters. The minimum Gasteiger partial charge on any atom is -0.491 e. The Kier molecular flexibility index (Phi) is 10.9. The number of hydrogen-bond donors (Lipinski definition) is 0. The summed E-state index contributed by atoms with van der Waals surface area (Å²) in [5.74, 6) is 0.329. The molecular weight excluding hydrogens is 484 g/mol. The molecule has 0 bridgehead atoms. The van der Waals surface area contributed by atoms with E-state index >= 15 is 0 Å². The molecule has 0 aliphatic carbocycles. The number of halogens is 1. The van der Waals surface area contributed by atoms with E-state index in [-0.39, 0.29) is 24.0 Å². The summed E-state index contributed by atoms with van der Waals surface area (Å²) in [4.78, 5) is 13.1. The van der Waals surface area contributed by atoms with Crippen LogP contribution in [0.1, 0.15) is 22.8 Å². The third-order valence-electron chi connectivity index (χ3n) is 5.16. The second-order valence-electron chi connectivity index (χ2n) is 7.61. The molecule has 3 aromatic rings. The minimum absolute atomic E-state index is 0.192. The van der Waals surface area contributed by atoms with Gasteiger partial charge in [0.2, 0.25) is 5.75 Å². The van der Waals surface area contributed by atoms with Crippen molar-refractivity contribution in [3.63, 3.8) is 0 Å². The number of benzene rings is 3. The van der Waals surface area contributed by atoms with Gasteiger partial charge in [0.05, 0.1) is 25.3 Å². The molecule has 7 nitrogen and oxygen atoms in total. The maximum Gasteiger partial charge on any atom is 0.315 e. The predicted octanol–water partition coefficient (Wildman–Crippen LogP) is 5.28. The molecular formula is C28H30ClO7. The fourth-order valence-corrected chi connectivity index (χ4v) is 3.74. The lowest BCUT2D eigenvalue weighted by atomic mass is 10.0. The highest BCUT2D eigenvalue weighted by Crippen LogP contribution is 2.45. The van der Waals surface area contributed by atoms with Crippen LogP contribution in [0.15, 0.2) is 66.7 Å².